The van der Waals surface area contributed by atoms with Crippen LogP contribution in [0.5, 0.6) is 0 Å². The van der Waals surface area contributed by atoms with Crippen molar-refractivity contribution >= 4 is 15.7 Å². The van der Waals surface area contributed by atoms with Crippen LogP contribution in [0.2, 0.25) is 0 Å². The van der Waals surface area contributed by atoms with Gasteiger partial charge >= 0.3 is 0 Å². The van der Waals surface area contributed by atoms with Crippen LogP contribution < -0.4 is 11.1 Å². The Morgan fingerprint density at radius 3 is 2.44 bits per heavy atom. The lowest BCUT2D eigenvalue weighted by atomic mass is 9.78. The maximum Gasteiger partial charge on any atom is 0.237 e. The van der Waals surface area contributed by atoms with Crippen LogP contribution in [0, 0.1) is 0 Å². The molecular weight excluding hydrogens is 228 g/mol. The molecule has 0 spiro atoms. The fraction of sp³-hybridized carbons (Fsp3) is 0.900. The van der Waals surface area contributed by atoms with Gasteiger partial charge in [-0.25, -0.2) is 8.42 Å². The summed E-state index contributed by atoms with van der Waals surface area (Å²) < 4.78 is 21.8. The second-order valence-electron chi connectivity index (χ2n) is 4.93. The van der Waals surface area contributed by atoms with Crippen LogP contribution in [0.25, 0.3) is 0 Å². The fourth-order valence-corrected chi connectivity index (χ4v) is 2.38. The molecule has 0 saturated heterocycles. The molecule has 1 unspecified atom stereocenters. The van der Waals surface area contributed by atoms with Gasteiger partial charge < -0.3 is 11.1 Å². The van der Waals surface area contributed by atoms with Crippen molar-refractivity contribution < 1.29 is 13.2 Å². The van der Waals surface area contributed by atoms with Crippen molar-refractivity contribution in [2.75, 3.05) is 12.0 Å². The van der Waals surface area contributed by atoms with Crippen molar-refractivity contribution in [3.8, 4) is 0 Å². The number of amides is 1. The first kappa shape index (κ1) is 13.4. The van der Waals surface area contributed by atoms with Gasteiger partial charge in [-0.2, -0.15) is 0 Å². The lowest BCUT2D eigenvalue weighted by molar-refractivity contribution is -0.125. The summed E-state index contributed by atoms with van der Waals surface area (Å²) in [5.41, 5.74) is 5.51. The van der Waals surface area contributed by atoms with Crippen molar-refractivity contribution in [3.05, 3.63) is 0 Å². The number of rotatable bonds is 5. The molecule has 1 aliphatic carbocycles. The number of hydrogen-bond acceptors (Lipinski definition) is 4. The van der Waals surface area contributed by atoms with Crippen LogP contribution in [-0.2, 0) is 14.6 Å². The molecule has 1 amide bonds. The quantitative estimate of drug-likeness (QED) is 0.705. The van der Waals surface area contributed by atoms with E-state index in [2.05, 4.69) is 5.32 Å². The third-order valence-corrected chi connectivity index (χ3v) is 4.00. The molecule has 0 heterocycles. The number of nitrogens with one attached hydrogen (secondary N) is 1. The Labute approximate surface area is 96.7 Å². The Bertz CT molecular complexity index is 360. The van der Waals surface area contributed by atoms with Crippen LogP contribution in [0.1, 0.15) is 32.6 Å². The molecule has 0 radical (unpaired) electrons. The highest BCUT2D eigenvalue weighted by Gasteiger charge is 2.34. The highest BCUT2D eigenvalue weighted by molar-refractivity contribution is 7.90. The molecule has 94 valence electrons. The first-order chi connectivity index (χ1) is 7.22. The molecule has 16 heavy (non-hydrogen) atoms. The summed E-state index contributed by atoms with van der Waals surface area (Å²) in [6, 6.07) is -0.729. The second-order valence-corrected chi connectivity index (χ2v) is 7.19. The first-order valence-corrected chi connectivity index (χ1v) is 7.53. The summed E-state index contributed by atoms with van der Waals surface area (Å²) in [4.78, 5) is 11.6. The van der Waals surface area contributed by atoms with Gasteiger partial charge in [0, 0.05) is 11.8 Å². The van der Waals surface area contributed by atoms with Gasteiger partial charge in [0.15, 0.2) is 0 Å². The average Bonchev–Trinajstić information content (AvgIpc) is 2.10. The van der Waals surface area contributed by atoms with E-state index in [-0.39, 0.29) is 23.6 Å². The van der Waals surface area contributed by atoms with E-state index in [1.807, 2.05) is 6.92 Å². The molecule has 1 aliphatic rings. The zero-order valence-electron chi connectivity index (χ0n) is 9.82. The summed E-state index contributed by atoms with van der Waals surface area (Å²) in [6.07, 6.45) is 4.38. The van der Waals surface area contributed by atoms with Crippen molar-refractivity contribution in [2.24, 2.45) is 5.73 Å². The van der Waals surface area contributed by atoms with E-state index in [1.165, 1.54) is 0 Å². The predicted molar refractivity (Wildman–Crippen MR) is 62.7 cm³/mol. The monoisotopic (exact) mass is 248 g/mol. The van der Waals surface area contributed by atoms with Gasteiger partial charge in [-0.05, 0) is 32.6 Å². The maximum absolute atomic E-state index is 11.6. The smallest absolute Gasteiger partial charge is 0.237 e. The van der Waals surface area contributed by atoms with Crippen molar-refractivity contribution in [3.63, 3.8) is 0 Å². The van der Waals surface area contributed by atoms with E-state index < -0.39 is 15.9 Å². The molecule has 0 aromatic rings. The molecule has 3 N–H and O–H groups in total. The van der Waals surface area contributed by atoms with E-state index in [0.717, 1.165) is 25.5 Å². The Morgan fingerprint density at radius 1 is 1.50 bits per heavy atom. The zero-order valence-corrected chi connectivity index (χ0v) is 10.6. The molecule has 0 aromatic heterocycles. The normalized spacial score (nSPS) is 20.9. The second kappa shape index (κ2) is 4.71. The Hall–Kier alpha value is -0.620. The fourth-order valence-electron chi connectivity index (χ4n) is 1.69. The molecule has 1 atom stereocenters. The van der Waals surface area contributed by atoms with E-state index in [9.17, 15) is 13.2 Å². The topological polar surface area (TPSA) is 89.3 Å². The minimum atomic E-state index is -3.05. The lowest BCUT2D eigenvalue weighted by Crippen LogP contribution is -2.55. The van der Waals surface area contributed by atoms with Crippen LogP contribution in [0.3, 0.4) is 0 Å². The van der Waals surface area contributed by atoms with Gasteiger partial charge in [-0.1, -0.05) is 0 Å². The van der Waals surface area contributed by atoms with Crippen LogP contribution in [0.15, 0.2) is 0 Å². The number of carbonyl (C=O) groups excluding carboxylic acids is 1. The Morgan fingerprint density at radius 2 is 2.06 bits per heavy atom. The van der Waals surface area contributed by atoms with Gasteiger partial charge in [-0.3, -0.25) is 4.79 Å². The van der Waals surface area contributed by atoms with Gasteiger partial charge in [-0.15, -0.1) is 0 Å². The molecular formula is C10H20N2O3S. The number of carbonyl (C=O) groups is 1. The summed E-state index contributed by atoms with van der Waals surface area (Å²) in [6.45, 7) is 1.98. The summed E-state index contributed by atoms with van der Waals surface area (Å²) >= 11 is 0. The molecule has 5 nitrogen and oxygen atoms in total. The largest absolute Gasteiger partial charge is 0.350 e. The molecule has 6 heteroatoms. The van der Waals surface area contributed by atoms with Gasteiger partial charge in [0.1, 0.15) is 9.84 Å². The lowest BCUT2D eigenvalue weighted by Gasteiger charge is -2.39. The molecule has 0 bridgehead atoms. The third-order valence-electron chi connectivity index (χ3n) is 3.02. The number of hydrogen-bond donors (Lipinski definition) is 2. The minimum Gasteiger partial charge on any atom is -0.350 e. The van der Waals surface area contributed by atoms with Gasteiger partial charge in [0.25, 0.3) is 0 Å². The summed E-state index contributed by atoms with van der Waals surface area (Å²) in [7, 11) is -3.05. The van der Waals surface area contributed by atoms with Crippen LogP contribution >= 0.6 is 0 Å². The Balaban J connectivity index is 2.36. The van der Waals surface area contributed by atoms with E-state index >= 15 is 0 Å². The van der Waals surface area contributed by atoms with Crippen LogP contribution in [-0.4, -0.2) is 37.9 Å². The zero-order chi connectivity index (χ0) is 12.4. The average molecular weight is 248 g/mol. The van der Waals surface area contributed by atoms with Gasteiger partial charge in [0.2, 0.25) is 5.91 Å². The standard InChI is InChI=1S/C10H20N2O3S/c1-10(5-3-6-10)12-9(13)8(11)4-7-16(2,14)15/h8H,3-7,11H2,1-2H3,(H,12,13). The maximum atomic E-state index is 11.6. The third kappa shape index (κ3) is 4.09. The Kier molecular flexibility index (Phi) is 3.96. The SMILES string of the molecule is CC1(NC(=O)C(N)CCS(C)(=O)=O)CCC1. The van der Waals surface area contributed by atoms with Crippen molar-refractivity contribution in [1.29, 1.82) is 0 Å². The molecule has 0 aromatic carbocycles. The summed E-state index contributed by atoms with van der Waals surface area (Å²) in [5.74, 6) is -0.288. The van der Waals surface area contributed by atoms with E-state index in [1.54, 1.807) is 0 Å². The van der Waals surface area contributed by atoms with E-state index in [0.29, 0.717) is 0 Å². The van der Waals surface area contributed by atoms with Crippen molar-refractivity contribution in [2.45, 2.75) is 44.2 Å². The molecule has 1 saturated carbocycles. The van der Waals surface area contributed by atoms with E-state index in [4.69, 9.17) is 5.73 Å². The molecule has 1 fully saturated rings. The van der Waals surface area contributed by atoms with Crippen molar-refractivity contribution in [1.82, 2.24) is 5.32 Å². The number of nitrogens with two attached hydrogens (primary N) is 1. The summed E-state index contributed by atoms with van der Waals surface area (Å²) in [5, 5.41) is 2.87. The highest BCUT2D eigenvalue weighted by Crippen LogP contribution is 2.30. The molecule has 0 aliphatic heterocycles. The van der Waals surface area contributed by atoms with Gasteiger partial charge in [0.05, 0.1) is 11.8 Å². The number of sulfone groups is 1. The first-order valence-electron chi connectivity index (χ1n) is 5.47. The predicted octanol–water partition coefficient (Wildman–Crippen LogP) is -0.193. The van der Waals surface area contributed by atoms with Crippen LogP contribution in [0.4, 0.5) is 0 Å². The highest BCUT2D eigenvalue weighted by atomic mass is 32.2. The minimum absolute atomic E-state index is 0.0434. The molecule has 1 rings (SSSR count).